The highest BCUT2D eigenvalue weighted by atomic mass is 32.1. The number of benzene rings is 1. The van der Waals surface area contributed by atoms with Crippen LogP contribution in [-0.4, -0.2) is 9.97 Å². The second-order valence-corrected chi connectivity index (χ2v) is 2.98. The zero-order valence-corrected chi connectivity index (χ0v) is 8.11. The Morgan fingerprint density at radius 1 is 1.36 bits per heavy atom. The summed E-state index contributed by atoms with van der Waals surface area (Å²) >= 11 is 4.20. The first kappa shape index (κ1) is 9.02. The van der Waals surface area contributed by atoms with Crippen molar-refractivity contribution in [3.8, 4) is 11.6 Å². The van der Waals surface area contributed by atoms with Gasteiger partial charge in [-0.1, -0.05) is 12.1 Å². The number of ether oxygens (including phenoxy) is 1. The molecule has 0 N–H and O–H groups in total. The first-order valence-corrected chi connectivity index (χ1v) is 4.44. The van der Waals surface area contributed by atoms with Crippen LogP contribution in [0.25, 0.3) is 0 Å². The third-order valence-electron chi connectivity index (χ3n) is 1.55. The fourth-order valence-electron chi connectivity index (χ4n) is 0.946. The summed E-state index contributed by atoms with van der Waals surface area (Å²) in [7, 11) is 0. The number of rotatable bonds is 2. The Bertz CT molecular complexity index is 419. The van der Waals surface area contributed by atoms with Crippen molar-refractivity contribution in [2.45, 2.75) is 4.90 Å². The molecule has 0 spiro atoms. The molecule has 0 fully saturated rings. The lowest BCUT2D eigenvalue weighted by atomic mass is 10.3. The van der Waals surface area contributed by atoms with E-state index in [-0.39, 0.29) is 0 Å². The number of nitrogens with zero attached hydrogens (tertiary/aromatic N) is 2. The van der Waals surface area contributed by atoms with Crippen molar-refractivity contribution in [1.82, 2.24) is 9.97 Å². The van der Waals surface area contributed by atoms with Crippen LogP contribution < -0.4 is 4.74 Å². The van der Waals surface area contributed by atoms with Crippen molar-refractivity contribution in [1.29, 1.82) is 0 Å². The van der Waals surface area contributed by atoms with Gasteiger partial charge in [-0.15, -0.1) is 12.6 Å². The van der Waals surface area contributed by atoms with Crippen LogP contribution in [0.1, 0.15) is 0 Å². The van der Waals surface area contributed by atoms with Gasteiger partial charge in [0.05, 0.1) is 11.1 Å². The van der Waals surface area contributed by atoms with Crippen molar-refractivity contribution in [3.05, 3.63) is 42.9 Å². The van der Waals surface area contributed by atoms with Crippen LogP contribution in [0.2, 0.25) is 0 Å². The number of aromatic nitrogens is 2. The molecule has 3 nitrogen and oxygen atoms in total. The Morgan fingerprint density at radius 2 is 2.29 bits per heavy atom. The van der Waals surface area contributed by atoms with Crippen LogP contribution in [-0.2, 0) is 0 Å². The molecule has 1 heterocycles. The molecule has 0 aliphatic carbocycles. The molecule has 69 valence electrons. The van der Waals surface area contributed by atoms with Gasteiger partial charge in [-0.3, -0.25) is 4.98 Å². The van der Waals surface area contributed by atoms with Gasteiger partial charge in [-0.25, -0.2) is 4.98 Å². The smallest absolute Gasteiger partial charge is 0.237 e. The molecule has 0 aliphatic heterocycles. The topological polar surface area (TPSA) is 35.0 Å². The van der Waals surface area contributed by atoms with Gasteiger partial charge in [0, 0.05) is 18.5 Å². The zero-order valence-electron chi connectivity index (χ0n) is 7.21. The quantitative estimate of drug-likeness (QED) is 0.761. The van der Waals surface area contributed by atoms with Crippen molar-refractivity contribution in [2.75, 3.05) is 0 Å². The first-order chi connectivity index (χ1) is 6.86. The summed E-state index contributed by atoms with van der Waals surface area (Å²) in [6.45, 7) is 0. The molecule has 0 aliphatic rings. The Morgan fingerprint density at radius 3 is 3.00 bits per heavy atom. The molecule has 4 heteroatoms. The van der Waals surface area contributed by atoms with Gasteiger partial charge in [0.25, 0.3) is 0 Å². The van der Waals surface area contributed by atoms with Gasteiger partial charge >= 0.3 is 0 Å². The number of thiol groups is 1. The Labute approximate surface area is 87.2 Å². The van der Waals surface area contributed by atoms with Crippen LogP contribution in [0, 0.1) is 6.07 Å². The first-order valence-electron chi connectivity index (χ1n) is 4.00. The average Bonchev–Trinajstić information content (AvgIpc) is 2.23. The van der Waals surface area contributed by atoms with Gasteiger partial charge in [-0.2, -0.15) is 0 Å². The maximum Gasteiger partial charge on any atom is 0.237 e. The number of hydrogen-bond donors (Lipinski definition) is 1. The van der Waals surface area contributed by atoms with Gasteiger partial charge in [-0.05, 0) is 6.07 Å². The number of hydrogen-bond acceptors (Lipinski definition) is 4. The van der Waals surface area contributed by atoms with Gasteiger partial charge in [0.1, 0.15) is 5.75 Å². The summed E-state index contributed by atoms with van der Waals surface area (Å²) in [5.74, 6) is 1.07. The molecule has 1 aromatic carbocycles. The second-order valence-electron chi connectivity index (χ2n) is 2.53. The summed E-state index contributed by atoms with van der Waals surface area (Å²) < 4.78 is 5.43. The van der Waals surface area contributed by atoms with Crippen LogP contribution in [0.3, 0.4) is 0 Å². The van der Waals surface area contributed by atoms with Crippen LogP contribution >= 0.6 is 12.6 Å². The molecule has 0 amide bonds. The fourth-order valence-corrected chi connectivity index (χ4v) is 1.14. The predicted molar refractivity (Wildman–Crippen MR) is 54.6 cm³/mol. The van der Waals surface area contributed by atoms with Crippen molar-refractivity contribution < 1.29 is 4.74 Å². The van der Waals surface area contributed by atoms with E-state index >= 15 is 0 Å². The third-order valence-corrected chi connectivity index (χ3v) is 1.90. The minimum atomic E-state index is 0.447. The van der Waals surface area contributed by atoms with Crippen LogP contribution in [0.15, 0.2) is 41.7 Å². The molecule has 14 heavy (non-hydrogen) atoms. The maximum absolute atomic E-state index is 5.43. The molecule has 0 bridgehead atoms. The standard InChI is InChI=1S/C10H7N2OS/c14-9-4-2-1-3-8(9)13-10-7-11-5-6-12-10/h1-3,5-7,14H. The molecular weight excluding hydrogens is 196 g/mol. The summed E-state index contributed by atoms with van der Waals surface area (Å²) in [5, 5.41) is 0. The Hall–Kier alpha value is -1.55. The summed E-state index contributed by atoms with van der Waals surface area (Å²) in [4.78, 5) is 8.52. The molecule has 0 atom stereocenters. The van der Waals surface area contributed by atoms with Crippen molar-refractivity contribution >= 4 is 12.6 Å². The molecule has 0 unspecified atom stereocenters. The van der Waals surface area contributed by atoms with E-state index in [2.05, 4.69) is 28.7 Å². The lowest BCUT2D eigenvalue weighted by Crippen LogP contribution is -1.88. The monoisotopic (exact) mass is 203 g/mol. The Kier molecular flexibility index (Phi) is 2.65. The van der Waals surface area contributed by atoms with E-state index < -0.39 is 0 Å². The van der Waals surface area contributed by atoms with E-state index in [9.17, 15) is 0 Å². The molecular formula is C10H7N2OS. The molecule has 2 aromatic rings. The highest BCUT2D eigenvalue weighted by molar-refractivity contribution is 7.80. The molecule has 0 saturated carbocycles. The molecule has 2 rings (SSSR count). The third kappa shape index (κ3) is 2.03. The van der Waals surface area contributed by atoms with Crippen LogP contribution in [0.5, 0.6) is 11.6 Å². The largest absolute Gasteiger partial charge is 0.436 e. The van der Waals surface area contributed by atoms with E-state index in [0.717, 1.165) is 0 Å². The van der Waals surface area contributed by atoms with E-state index in [4.69, 9.17) is 4.74 Å². The second kappa shape index (κ2) is 4.11. The molecule has 1 aromatic heterocycles. The SMILES string of the molecule is Sc1[c]cccc1Oc1cnccn1. The highest BCUT2D eigenvalue weighted by Crippen LogP contribution is 2.24. The lowest BCUT2D eigenvalue weighted by Gasteiger charge is -2.04. The molecule has 1 radical (unpaired) electrons. The summed E-state index contributed by atoms with van der Waals surface area (Å²) in [5.41, 5.74) is 0. The summed E-state index contributed by atoms with van der Waals surface area (Å²) in [6, 6.07) is 8.30. The average molecular weight is 203 g/mol. The van der Waals surface area contributed by atoms with Crippen molar-refractivity contribution in [2.24, 2.45) is 0 Å². The maximum atomic E-state index is 5.43. The Balaban J connectivity index is 2.24. The lowest BCUT2D eigenvalue weighted by molar-refractivity contribution is 0.449. The zero-order chi connectivity index (χ0) is 9.80. The van der Waals surface area contributed by atoms with Crippen molar-refractivity contribution in [3.63, 3.8) is 0 Å². The van der Waals surface area contributed by atoms with Gasteiger partial charge in [0.2, 0.25) is 5.88 Å². The predicted octanol–water partition coefficient (Wildman–Crippen LogP) is 2.36. The molecule has 0 saturated heterocycles. The van der Waals surface area contributed by atoms with E-state index in [1.54, 1.807) is 30.7 Å². The summed E-state index contributed by atoms with van der Waals surface area (Å²) in [6.07, 6.45) is 4.70. The van der Waals surface area contributed by atoms with Gasteiger partial charge < -0.3 is 4.74 Å². The van der Waals surface area contributed by atoms with E-state index in [1.807, 2.05) is 6.07 Å². The van der Waals surface area contributed by atoms with E-state index in [0.29, 0.717) is 16.5 Å². The fraction of sp³-hybridized carbons (Fsp3) is 0. The normalized spacial score (nSPS) is 9.79. The van der Waals surface area contributed by atoms with Gasteiger partial charge in [0.15, 0.2) is 0 Å². The minimum absolute atomic E-state index is 0.447. The minimum Gasteiger partial charge on any atom is -0.436 e. The van der Waals surface area contributed by atoms with Crippen LogP contribution in [0.4, 0.5) is 0 Å². The highest BCUT2D eigenvalue weighted by Gasteiger charge is 2.00. The van der Waals surface area contributed by atoms with E-state index in [1.165, 1.54) is 0 Å².